The minimum Gasteiger partial charge on any atom is -0.493 e. The summed E-state index contributed by atoms with van der Waals surface area (Å²) in [4.78, 5) is 32.6. The van der Waals surface area contributed by atoms with Crippen molar-refractivity contribution >= 4 is 35.0 Å². The largest absolute Gasteiger partial charge is 0.493 e. The van der Waals surface area contributed by atoms with E-state index in [1.54, 1.807) is 55.9 Å². The fourth-order valence-corrected chi connectivity index (χ4v) is 6.40. The first-order valence-electron chi connectivity index (χ1n) is 14.9. The number of ether oxygens (including phenoxy) is 5. The molecule has 2 heterocycles. The van der Waals surface area contributed by atoms with Crippen molar-refractivity contribution in [3.63, 3.8) is 0 Å². The minimum absolute atomic E-state index is 0.181. The third-order valence-electron chi connectivity index (χ3n) is 7.23. The number of methoxy groups -OCH3 is 1. The second-order valence-corrected chi connectivity index (χ2v) is 11.6. The van der Waals surface area contributed by atoms with Crippen LogP contribution in [0, 0.1) is 0 Å². The number of aromatic nitrogens is 1. The second kappa shape index (κ2) is 14.7. The second-order valence-electron chi connectivity index (χ2n) is 10.2. The Morgan fingerprint density at radius 3 is 2.37 bits per heavy atom. The van der Waals surface area contributed by atoms with Crippen LogP contribution in [0.3, 0.4) is 0 Å². The Balaban J connectivity index is 1.58. The topological polar surface area (TPSA) is 97.6 Å². The van der Waals surface area contributed by atoms with Crippen LogP contribution in [-0.2, 0) is 16.1 Å². The first kappa shape index (κ1) is 32.8. The van der Waals surface area contributed by atoms with Gasteiger partial charge in [0.05, 0.1) is 48.8 Å². The van der Waals surface area contributed by atoms with Crippen molar-refractivity contribution in [3.8, 4) is 23.0 Å². The minimum atomic E-state index is -0.789. The molecule has 0 aliphatic carbocycles. The number of rotatable bonds is 12. The summed E-state index contributed by atoms with van der Waals surface area (Å²) < 4.78 is 30.6. The predicted molar refractivity (Wildman–Crippen MR) is 178 cm³/mol. The van der Waals surface area contributed by atoms with Crippen molar-refractivity contribution in [2.75, 3.05) is 26.9 Å². The Hall–Kier alpha value is -4.54. The van der Waals surface area contributed by atoms with E-state index in [4.69, 9.17) is 35.3 Å². The zero-order chi connectivity index (χ0) is 32.8. The maximum absolute atomic E-state index is 14.1. The van der Waals surface area contributed by atoms with Crippen LogP contribution in [0.5, 0.6) is 23.0 Å². The van der Waals surface area contributed by atoms with Crippen molar-refractivity contribution in [3.05, 3.63) is 113 Å². The lowest BCUT2D eigenvalue weighted by molar-refractivity contribution is -0.139. The molecule has 4 aromatic rings. The van der Waals surface area contributed by atoms with Gasteiger partial charge < -0.3 is 23.7 Å². The van der Waals surface area contributed by atoms with Gasteiger partial charge in [-0.25, -0.2) is 9.79 Å². The summed E-state index contributed by atoms with van der Waals surface area (Å²) in [6, 6.07) is 17.5. The molecule has 0 bridgehead atoms. The predicted octanol–water partition coefficient (Wildman–Crippen LogP) is 5.84. The molecule has 0 saturated heterocycles. The van der Waals surface area contributed by atoms with Gasteiger partial charge in [-0.05, 0) is 75.2 Å². The number of hydrogen-bond donors (Lipinski definition) is 0. The molecule has 0 amide bonds. The van der Waals surface area contributed by atoms with Gasteiger partial charge in [0.15, 0.2) is 27.8 Å². The quantitative estimate of drug-likeness (QED) is 0.176. The summed E-state index contributed by atoms with van der Waals surface area (Å²) in [7, 11) is 1.56. The Labute approximate surface area is 275 Å². The lowest BCUT2D eigenvalue weighted by Crippen LogP contribution is -2.40. The molecule has 11 heteroatoms. The maximum atomic E-state index is 14.1. The molecule has 0 saturated carbocycles. The summed E-state index contributed by atoms with van der Waals surface area (Å²) in [5, 5.41) is 0.618. The van der Waals surface area contributed by atoms with Gasteiger partial charge in [0.2, 0.25) is 0 Å². The van der Waals surface area contributed by atoms with Crippen molar-refractivity contribution < 1.29 is 28.5 Å². The van der Waals surface area contributed by atoms with Gasteiger partial charge in [-0.15, -0.1) is 0 Å². The lowest BCUT2D eigenvalue weighted by atomic mass is 9.95. The molecule has 3 aromatic carbocycles. The summed E-state index contributed by atoms with van der Waals surface area (Å²) in [6.45, 7) is 8.59. The molecule has 0 unspecified atom stereocenters. The van der Waals surface area contributed by atoms with Crippen molar-refractivity contribution in [1.29, 1.82) is 0 Å². The van der Waals surface area contributed by atoms with Crippen LogP contribution in [0.2, 0.25) is 5.02 Å². The summed E-state index contributed by atoms with van der Waals surface area (Å²) >= 11 is 7.52. The average Bonchev–Trinajstić information content (AvgIpc) is 3.35. The molecule has 9 nitrogen and oxygen atoms in total. The van der Waals surface area contributed by atoms with Crippen molar-refractivity contribution in [1.82, 2.24) is 4.57 Å². The van der Waals surface area contributed by atoms with E-state index in [2.05, 4.69) is 4.99 Å². The number of nitrogens with zero attached hydrogens (tertiary/aromatic N) is 2. The molecule has 1 aliphatic heterocycles. The summed E-state index contributed by atoms with van der Waals surface area (Å²) in [5.74, 6) is 1.60. The molecule has 240 valence electrons. The highest BCUT2D eigenvalue weighted by Crippen LogP contribution is 2.36. The normalized spacial score (nSPS) is 14.4. The molecule has 46 heavy (non-hydrogen) atoms. The first-order valence-corrected chi connectivity index (χ1v) is 16.1. The molecule has 1 aliphatic rings. The number of benzene rings is 3. The third kappa shape index (κ3) is 6.83. The van der Waals surface area contributed by atoms with E-state index in [1.165, 1.54) is 11.3 Å². The standard InChI is InChI=1S/C35H35ClN2O7S/c1-6-42-27-16-14-23(19-29(27)43-7-2)32-31(34(40)44-8-3)21(4)37-35-38(32)33(39)30(46-35)18-22-13-15-26(28(17-22)41-5)45-20-24-11-9-10-12-25(24)36/h9-19,32H,6-8,20H2,1-5H3/b30-18-/t32-/m0/s1. The van der Waals surface area contributed by atoms with Gasteiger partial charge in [-0.1, -0.05) is 53.3 Å². The number of carbonyl (C=O) groups excluding carboxylic acids is 1. The SMILES string of the molecule is CCOC(=O)C1=C(C)N=c2s/c(=C\c3ccc(OCc4ccccc4Cl)c(OC)c3)c(=O)n2[C@H]1c1ccc(OCC)c(OCC)c1. The van der Waals surface area contributed by atoms with Gasteiger partial charge in [-0.2, -0.15) is 0 Å². The summed E-state index contributed by atoms with van der Waals surface area (Å²) in [5.41, 5.74) is 2.71. The van der Waals surface area contributed by atoms with Crippen LogP contribution in [-0.4, -0.2) is 37.5 Å². The van der Waals surface area contributed by atoms with E-state index >= 15 is 0 Å². The van der Waals surface area contributed by atoms with E-state index in [1.807, 2.05) is 50.2 Å². The van der Waals surface area contributed by atoms with Gasteiger partial charge >= 0.3 is 5.97 Å². The lowest BCUT2D eigenvalue weighted by Gasteiger charge is -2.25. The molecule has 0 spiro atoms. The molecule has 0 N–H and O–H groups in total. The fourth-order valence-electron chi connectivity index (χ4n) is 5.16. The highest BCUT2D eigenvalue weighted by Gasteiger charge is 2.34. The van der Waals surface area contributed by atoms with Gasteiger partial charge in [0.1, 0.15) is 6.61 Å². The number of esters is 1. The number of halogens is 1. The van der Waals surface area contributed by atoms with Crippen LogP contribution in [0.4, 0.5) is 0 Å². The number of hydrogen-bond acceptors (Lipinski definition) is 9. The van der Waals surface area contributed by atoms with Crippen molar-refractivity contribution in [2.24, 2.45) is 4.99 Å². The monoisotopic (exact) mass is 662 g/mol. The van der Waals surface area contributed by atoms with E-state index in [0.29, 0.717) is 61.8 Å². The summed E-state index contributed by atoms with van der Waals surface area (Å²) in [6.07, 6.45) is 1.77. The van der Waals surface area contributed by atoms with Crippen LogP contribution in [0.15, 0.2) is 81.7 Å². The number of thiazole rings is 1. The van der Waals surface area contributed by atoms with Gasteiger partial charge in [0, 0.05) is 10.6 Å². The van der Waals surface area contributed by atoms with Crippen LogP contribution in [0.1, 0.15) is 50.4 Å². The fraction of sp³-hybridized carbons (Fsp3) is 0.286. The highest BCUT2D eigenvalue weighted by atomic mass is 35.5. The smallest absolute Gasteiger partial charge is 0.338 e. The van der Waals surface area contributed by atoms with E-state index < -0.39 is 12.0 Å². The zero-order valence-corrected chi connectivity index (χ0v) is 27.9. The molecule has 0 fully saturated rings. The van der Waals surface area contributed by atoms with E-state index in [-0.39, 0.29) is 24.3 Å². The zero-order valence-electron chi connectivity index (χ0n) is 26.3. The molecule has 5 rings (SSSR count). The third-order valence-corrected chi connectivity index (χ3v) is 8.58. The van der Waals surface area contributed by atoms with Gasteiger partial charge in [0.25, 0.3) is 5.56 Å². The van der Waals surface area contributed by atoms with Crippen molar-refractivity contribution in [2.45, 2.75) is 40.3 Å². The first-order chi connectivity index (χ1) is 22.3. The number of fused-ring (bicyclic) bond motifs is 1. The molecular formula is C35H35ClN2O7S. The Kier molecular flexibility index (Phi) is 10.5. The highest BCUT2D eigenvalue weighted by molar-refractivity contribution is 7.07. The molecular weight excluding hydrogens is 628 g/mol. The van der Waals surface area contributed by atoms with E-state index in [9.17, 15) is 9.59 Å². The van der Waals surface area contributed by atoms with Crippen LogP contribution >= 0.6 is 22.9 Å². The molecule has 1 atom stereocenters. The Morgan fingerprint density at radius 2 is 1.65 bits per heavy atom. The molecule has 1 aromatic heterocycles. The maximum Gasteiger partial charge on any atom is 0.338 e. The Morgan fingerprint density at radius 1 is 0.935 bits per heavy atom. The van der Waals surface area contributed by atoms with Crippen LogP contribution in [0.25, 0.3) is 6.08 Å². The van der Waals surface area contributed by atoms with Crippen LogP contribution < -0.4 is 33.8 Å². The van der Waals surface area contributed by atoms with E-state index in [0.717, 1.165) is 11.1 Å². The number of allylic oxidation sites excluding steroid dienone is 1. The molecule has 0 radical (unpaired) electrons. The van der Waals surface area contributed by atoms with Gasteiger partial charge in [-0.3, -0.25) is 9.36 Å². The Bertz CT molecular complexity index is 1960. The average molecular weight is 663 g/mol. The number of carbonyl (C=O) groups is 1.